The van der Waals surface area contributed by atoms with Gasteiger partial charge in [0, 0.05) is 4.91 Å². The van der Waals surface area contributed by atoms with Gasteiger partial charge in [0.2, 0.25) is 0 Å². The molecule has 1 aromatic heterocycles. The van der Waals surface area contributed by atoms with E-state index in [-0.39, 0.29) is 11.4 Å². The predicted molar refractivity (Wildman–Crippen MR) is 67.4 cm³/mol. The van der Waals surface area contributed by atoms with Crippen molar-refractivity contribution in [1.82, 2.24) is 4.98 Å². The van der Waals surface area contributed by atoms with Crippen LogP contribution in [0.15, 0.2) is 28.1 Å². The number of rotatable bonds is 4. The maximum atomic E-state index is 11.1. The van der Waals surface area contributed by atoms with Crippen molar-refractivity contribution in [2.24, 2.45) is 5.11 Å². The molecule has 0 saturated heterocycles. The summed E-state index contributed by atoms with van der Waals surface area (Å²) in [5.74, 6) is 0. The van der Waals surface area contributed by atoms with Crippen molar-refractivity contribution in [3.8, 4) is 0 Å². The number of nitrogens with one attached hydrogen (secondary N) is 1. The second-order valence-electron chi connectivity index (χ2n) is 3.70. The van der Waals surface area contributed by atoms with E-state index < -0.39 is 12.2 Å². The largest absolute Gasteiger partial charge is 0.390 e. The van der Waals surface area contributed by atoms with Crippen LogP contribution in [0.3, 0.4) is 0 Å². The minimum atomic E-state index is -1.17. The Morgan fingerprint density at radius 2 is 2.28 bits per heavy atom. The van der Waals surface area contributed by atoms with E-state index in [9.17, 15) is 15.0 Å². The number of H-pyrrole nitrogens is 1. The molecule has 7 nitrogen and oxygen atoms in total. The summed E-state index contributed by atoms with van der Waals surface area (Å²) in [5.41, 5.74) is 9.30. The lowest BCUT2D eigenvalue weighted by molar-refractivity contribution is 0.0245. The van der Waals surface area contributed by atoms with Gasteiger partial charge in [0.05, 0.1) is 22.9 Å². The summed E-state index contributed by atoms with van der Waals surface area (Å²) >= 11 is 1.03. The van der Waals surface area contributed by atoms with Gasteiger partial charge < -0.3 is 15.2 Å². The smallest absolute Gasteiger partial charge is 0.305 e. The molecule has 0 fully saturated rings. The van der Waals surface area contributed by atoms with Crippen molar-refractivity contribution in [3.05, 3.63) is 43.9 Å². The number of aromatic nitrogens is 1. The molecule has 2 aromatic rings. The van der Waals surface area contributed by atoms with Gasteiger partial charge in [0.15, 0.2) is 0 Å². The molecule has 0 radical (unpaired) electrons. The van der Waals surface area contributed by atoms with E-state index in [2.05, 4.69) is 15.0 Å². The molecule has 8 heteroatoms. The molecular weight excluding hydrogens is 256 g/mol. The van der Waals surface area contributed by atoms with Crippen LogP contribution in [0.2, 0.25) is 0 Å². The topological polar surface area (TPSA) is 122 Å². The van der Waals surface area contributed by atoms with Crippen molar-refractivity contribution in [2.45, 2.75) is 12.2 Å². The third-order valence-electron chi connectivity index (χ3n) is 2.48. The average molecular weight is 266 g/mol. The van der Waals surface area contributed by atoms with Crippen LogP contribution in [-0.2, 0) is 0 Å². The molecule has 3 N–H and O–H groups in total. The monoisotopic (exact) mass is 266 g/mol. The number of hydrogen-bond donors (Lipinski definition) is 3. The van der Waals surface area contributed by atoms with Crippen LogP contribution in [-0.4, -0.2) is 27.8 Å². The Morgan fingerprint density at radius 3 is 3.00 bits per heavy atom. The number of azide groups is 1. The molecule has 0 bridgehead atoms. The van der Waals surface area contributed by atoms with Gasteiger partial charge in [-0.05, 0) is 23.2 Å². The number of aliphatic hydroxyl groups is 2. The Morgan fingerprint density at radius 1 is 1.50 bits per heavy atom. The average Bonchev–Trinajstić information content (AvgIpc) is 2.73. The molecule has 0 aliphatic rings. The van der Waals surface area contributed by atoms with Crippen LogP contribution in [0.1, 0.15) is 11.7 Å². The number of fused-ring (bicyclic) bond motifs is 1. The van der Waals surface area contributed by atoms with Gasteiger partial charge in [-0.1, -0.05) is 22.5 Å². The number of benzene rings is 1. The van der Waals surface area contributed by atoms with Gasteiger partial charge in [-0.3, -0.25) is 4.79 Å². The number of aliphatic hydroxyl groups excluding tert-OH is 2. The SMILES string of the molecule is [N-]=[N+]=NCC(O)C(O)c1ccc2[nH]c(=O)sc2c1. The first-order valence-corrected chi connectivity index (χ1v) is 5.93. The molecule has 2 unspecified atom stereocenters. The molecule has 0 aliphatic heterocycles. The van der Waals surface area contributed by atoms with Gasteiger partial charge in [-0.2, -0.15) is 0 Å². The highest BCUT2D eigenvalue weighted by Gasteiger charge is 2.18. The first-order valence-electron chi connectivity index (χ1n) is 5.11. The molecule has 94 valence electrons. The molecule has 0 spiro atoms. The van der Waals surface area contributed by atoms with E-state index in [1.165, 1.54) is 0 Å². The Hall–Kier alpha value is -1.86. The predicted octanol–water partition coefficient (Wildman–Crippen LogP) is 1.29. The van der Waals surface area contributed by atoms with E-state index in [0.717, 1.165) is 11.3 Å². The zero-order valence-electron chi connectivity index (χ0n) is 9.15. The van der Waals surface area contributed by atoms with Crippen molar-refractivity contribution in [3.63, 3.8) is 0 Å². The highest BCUT2D eigenvalue weighted by Crippen LogP contribution is 2.23. The minimum Gasteiger partial charge on any atom is -0.390 e. The van der Waals surface area contributed by atoms with Crippen LogP contribution in [0.5, 0.6) is 0 Å². The standard InChI is InChI=1S/C10H10N4O3S/c11-14-12-4-7(15)9(16)5-1-2-6-8(3-5)18-10(17)13-6/h1-3,7,9,15-16H,4H2,(H,13,17). The Balaban J connectivity index is 2.29. The number of hydrogen-bond acceptors (Lipinski definition) is 5. The summed E-state index contributed by atoms with van der Waals surface area (Å²) in [5, 5.41) is 22.7. The fraction of sp³-hybridized carbons (Fsp3) is 0.300. The maximum Gasteiger partial charge on any atom is 0.305 e. The number of thiazole rings is 1. The van der Waals surface area contributed by atoms with Crippen LogP contribution in [0.25, 0.3) is 20.7 Å². The molecular formula is C10H10N4O3S. The molecule has 1 heterocycles. The van der Waals surface area contributed by atoms with Gasteiger partial charge in [0.25, 0.3) is 0 Å². The summed E-state index contributed by atoms with van der Waals surface area (Å²) in [6.45, 7) is -0.209. The van der Waals surface area contributed by atoms with Crippen LogP contribution in [0, 0.1) is 0 Å². The third-order valence-corrected chi connectivity index (χ3v) is 3.33. The molecule has 0 aliphatic carbocycles. The van der Waals surface area contributed by atoms with Crippen molar-refractivity contribution < 1.29 is 10.2 Å². The highest BCUT2D eigenvalue weighted by atomic mass is 32.1. The fourth-order valence-corrected chi connectivity index (χ4v) is 2.37. The van der Waals surface area contributed by atoms with Crippen LogP contribution < -0.4 is 4.87 Å². The normalized spacial score (nSPS) is 14.1. The second-order valence-corrected chi connectivity index (χ2v) is 4.71. The zero-order valence-corrected chi connectivity index (χ0v) is 9.96. The Bertz CT molecular complexity index is 658. The highest BCUT2D eigenvalue weighted by molar-refractivity contribution is 7.16. The minimum absolute atomic E-state index is 0.175. The maximum absolute atomic E-state index is 11.1. The van der Waals surface area contributed by atoms with Gasteiger partial charge in [-0.15, -0.1) is 0 Å². The van der Waals surface area contributed by atoms with E-state index in [4.69, 9.17) is 5.53 Å². The van der Waals surface area contributed by atoms with Crippen molar-refractivity contribution >= 4 is 21.6 Å². The first kappa shape index (κ1) is 12.6. The summed E-state index contributed by atoms with van der Waals surface area (Å²) in [6, 6.07) is 4.89. The molecule has 2 rings (SSSR count). The number of aromatic amines is 1. The van der Waals surface area contributed by atoms with E-state index in [0.29, 0.717) is 15.8 Å². The van der Waals surface area contributed by atoms with E-state index in [1.807, 2.05) is 0 Å². The molecule has 0 amide bonds. The number of nitrogens with zero attached hydrogens (tertiary/aromatic N) is 3. The van der Waals surface area contributed by atoms with Crippen LogP contribution in [0.4, 0.5) is 0 Å². The summed E-state index contributed by atoms with van der Waals surface area (Å²) in [4.78, 5) is 16.1. The zero-order chi connectivity index (χ0) is 13.1. The van der Waals surface area contributed by atoms with Gasteiger partial charge >= 0.3 is 4.87 Å². The summed E-state index contributed by atoms with van der Waals surface area (Å²) in [7, 11) is 0. The van der Waals surface area contributed by atoms with Gasteiger partial charge in [-0.25, -0.2) is 0 Å². The quantitative estimate of drug-likeness (QED) is 0.439. The van der Waals surface area contributed by atoms with Crippen molar-refractivity contribution in [2.75, 3.05) is 6.54 Å². The Labute approximate surface area is 105 Å². The molecule has 2 atom stereocenters. The Kier molecular flexibility index (Phi) is 3.63. The third kappa shape index (κ3) is 2.52. The van der Waals surface area contributed by atoms with E-state index in [1.54, 1.807) is 18.2 Å². The van der Waals surface area contributed by atoms with Crippen molar-refractivity contribution in [1.29, 1.82) is 0 Å². The molecule has 18 heavy (non-hydrogen) atoms. The first-order chi connectivity index (χ1) is 8.61. The lowest BCUT2D eigenvalue weighted by atomic mass is 10.0. The second kappa shape index (κ2) is 5.19. The summed E-state index contributed by atoms with van der Waals surface area (Å²) in [6.07, 6.45) is -2.33. The lowest BCUT2D eigenvalue weighted by Gasteiger charge is -2.16. The summed E-state index contributed by atoms with van der Waals surface area (Å²) < 4.78 is 0.701. The lowest BCUT2D eigenvalue weighted by Crippen LogP contribution is -2.21. The van der Waals surface area contributed by atoms with Gasteiger partial charge in [0.1, 0.15) is 6.10 Å². The fourth-order valence-electron chi connectivity index (χ4n) is 1.59. The van der Waals surface area contributed by atoms with Crippen LogP contribution >= 0.6 is 11.3 Å². The molecule has 0 saturated carbocycles. The van der Waals surface area contributed by atoms with E-state index >= 15 is 0 Å². The molecule has 1 aromatic carbocycles.